The molecule has 1 heterocycles. The Morgan fingerprint density at radius 3 is 2.36 bits per heavy atom. The first-order valence-electron chi connectivity index (χ1n) is 8.49. The van der Waals surface area contributed by atoms with Crippen molar-refractivity contribution < 1.29 is 4.79 Å². The van der Waals surface area contributed by atoms with E-state index in [0.717, 1.165) is 23.5 Å². The molecule has 0 aliphatic rings. The van der Waals surface area contributed by atoms with Crippen molar-refractivity contribution in [2.24, 2.45) is 0 Å². The lowest BCUT2D eigenvalue weighted by atomic mass is 10.1. The van der Waals surface area contributed by atoms with Crippen molar-refractivity contribution in [3.63, 3.8) is 0 Å². The van der Waals surface area contributed by atoms with Crippen LogP contribution in [0.4, 0.5) is 5.95 Å². The molecule has 0 aliphatic carbocycles. The van der Waals surface area contributed by atoms with E-state index in [1.54, 1.807) is 0 Å². The molecular weight excluding hydrogens is 314 g/mol. The molecule has 0 fully saturated rings. The lowest BCUT2D eigenvalue weighted by molar-refractivity contribution is -0.121. The predicted molar refractivity (Wildman–Crippen MR) is 101 cm³/mol. The molecule has 0 aliphatic heterocycles. The number of hydrogen-bond donors (Lipinski definition) is 2. The van der Waals surface area contributed by atoms with E-state index < -0.39 is 6.04 Å². The number of carbonyl (C=O) groups excluding carboxylic acids is 1. The van der Waals surface area contributed by atoms with E-state index in [9.17, 15) is 4.79 Å². The fourth-order valence-electron chi connectivity index (χ4n) is 2.53. The van der Waals surface area contributed by atoms with E-state index in [2.05, 4.69) is 20.6 Å². The molecule has 134 valence electrons. The lowest BCUT2D eigenvalue weighted by Crippen LogP contribution is -2.43. The molecule has 6 nitrogen and oxygen atoms in total. The van der Waals surface area contributed by atoms with Gasteiger partial charge in [0.2, 0.25) is 11.9 Å². The number of nitrogens with zero attached hydrogens (tertiary/aromatic N) is 3. The minimum atomic E-state index is -0.425. The number of anilines is 1. The highest BCUT2D eigenvalue weighted by Crippen LogP contribution is 2.10. The molecule has 2 N–H and O–H groups in total. The van der Waals surface area contributed by atoms with Gasteiger partial charge in [-0.25, -0.2) is 9.97 Å². The summed E-state index contributed by atoms with van der Waals surface area (Å²) >= 11 is 0. The maximum atomic E-state index is 12.7. The molecule has 6 heteroatoms. The Kier molecular flexibility index (Phi) is 6.89. The molecular formula is C19H27N5O. The average molecular weight is 341 g/mol. The number of carbonyl (C=O) groups is 1. The van der Waals surface area contributed by atoms with Crippen molar-refractivity contribution in [1.82, 2.24) is 20.2 Å². The normalized spacial score (nSPS) is 12.0. The molecule has 0 unspecified atom stereocenters. The Labute approximate surface area is 149 Å². The summed E-state index contributed by atoms with van der Waals surface area (Å²) in [6, 6.07) is 11.4. The Morgan fingerprint density at radius 1 is 1.12 bits per heavy atom. The van der Waals surface area contributed by atoms with Gasteiger partial charge in [-0.3, -0.25) is 4.79 Å². The van der Waals surface area contributed by atoms with Gasteiger partial charge < -0.3 is 15.5 Å². The number of aryl methyl sites for hydroxylation is 2. The van der Waals surface area contributed by atoms with Gasteiger partial charge in [0.1, 0.15) is 6.04 Å². The topological polar surface area (TPSA) is 70.2 Å². The highest BCUT2D eigenvalue weighted by atomic mass is 16.2. The van der Waals surface area contributed by atoms with Crippen LogP contribution in [-0.4, -0.2) is 54.0 Å². The first-order chi connectivity index (χ1) is 11.9. The lowest BCUT2D eigenvalue weighted by Gasteiger charge is -2.20. The summed E-state index contributed by atoms with van der Waals surface area (Å²) < 4.78 is 0. The summed E-state index contributed by atoms with van der Waals surface area (Å²) in [7, 11) is 3.96. The van der Waals surface area contributed by atoms with Crippen LogP contribution in [-0.2, 0) is 11.2 Å². The third-order valence-electron chi connectivity index (χ3n) is 3.74. The second-order valence-electron chi connectivity index (χ2n) is 6.46. The Balaban J connectivity index is 2.11. The van der Waals surface area contributed by atoms with E-state index in [4.69, 9.17) is 0 Å². The number of benzene rings is 1. The number of amides is 1. The van der Waals surface area contributed by atoms with Crippen LogP contribution in [0.25, 0.3) is 0 Å². The van der Waals surface area contributed by atoms with Gasteiger partial charge in [0, 0.05) is 30.9 Å². The van der Waals surface area contributed by atoms with Crippen LogP contribution in [0.15, 0.2) is 36.4 Å². The van der Waals surface area contributed by atoms with Crippen molar-refractivity contribution >= 4 is 11.9 Å². The fraction of sp³-hybridized carbons (Fsp3) is 0.421. The van der Waals surface area contributed by atoms with Gasteiger partial charge in [0.05, 0.1) is 0 Å². The predicted octanol–water partition coefficient (Wildman–Crippen LogP) is 1.79. The molecule has 0 saturated heterocycles. The third kappa shape index (κ3) is 6.51. The zero-order valence-corrected chi connectivity index (χ0v) is 15.4. The fourth-order valence-corrected chi connectivity index (χ4v) is 2.53. The summed E-state index contributed by atoms with van der Waals surface area (Å²) in [4.78, 5) is 23.5. The summed E-state index contributed by atoms with van der Waals surface area (Å²) in [6.07, 6.45) is 0.574. The highest BCUT2D eigenvalue weighted by molar-refractivity contribution is 5.84. The standard InChI is InChI=1S/C19H27N5O/c1-14-12-15(2)22-19(21-14)23-17(13-16-8-6-5-7-9-16)18(25)20-10-11-24(3)4/h5-9,12,17H,10-11,13H2,1-4H3,(H,20,25)(H,21,22,23)/t17-/m1/s1. The van der Waals surface area contributed by atoms with Crippen LogP contribution in [0.5, 0.6) is 0 Å². The molecule has 0 radical (unpaired) electrons. The zero-order chi connectivity index (χ0) is 18.2. The Hall–Kier alpha value is -2.47. The van der Waals surface area contributed by atoms with Gasteiger partial charge in [-0.15, -0.1) is 0 Å². The molecule has 2 aromatic rings. The largest absolute Gasteiger partial charge is 0.353 e. The van der Waals surface area contributed by atoms with Crippen molar-refractivity contribution in [1.29, 1.82) is 0 Å². The van der Waals surface area contributed by atoms with Crippen LogP contribution in [0.2, 0.25) is 0 Å². The molecule has 1 aromatic carbocycles. The number of nitrogens with one attached hydrogen (secondary N) is 2. The van der Waals surface area contributed by atoms with Gasteiger partial charge in [-0.1, -0.05) is 30.3 Å². The van der Waals surface area contributed by atoms with Crippen LogP contribution in [0.3, 0.4) is 0 Å². The van der Waals surface area contributed by atoms with Crippen molar-refractivity contribution in [3.8, 4) is 0 Å². The van der Waals surface area contributed by atoms with E-state index in [-0.39, 0.29) is 5.91 Å². The summed E-state index contributed by atoms with van der Waals surface area (Å²) in [5.41, 5.74) is 2.84. The number of hydrogen-bond acceptors (Lipinski definition) is 5. The van der Waals surface area contributed by atoms with E-state index in [1.807, 2.05) is 69.2 Å². The van der Waals surface area contributed by atoms with E-state index in [1.165, 1.54) is 0 Å². The van der Waals surface area contributed by atoms with Crippen LogP contribution >= 0.6 is 0 Å². The van der Waals surface area contributed by atoms with Crippen LogP contribution in [0.1, 0.15) is 17.0 Å². The second-order valence-corrected chi connectivity index (χ2v) is 6.46. The maximum absolute atomic E-state index is 12.7. The minimum absolute atomic E-state index is 0.0477. The summed E-state index contributed by atoms with van der Waals surface area (Å²) in [6.45, 7) is 5.24. The highest BCUT2D eigenvalue weighted by Gasteiger charge is 2.20. The summed E-state index contributed by atoms with van der Waals surface area (Å²) in [5, 5.41) is 6.18. The van der Waals surface area contributed by atoms with Gasteiger partial charge >= 0.3 is 0 Å². The first kappa shape index (κ1) is 18.9. The molecule has 1 amide bonds. The molecule has 0 spiro atoms. The van der Waals surface area contributed by atoms with Crippen LogP contribution in [0, 0.1) is 13.8 Å². The van der Waals surface area contributed by atoms with E-state index in [0.29, 0.717) is 18.9 Å². The smallest absolute Gasteiger partial charge is 0.242 e. The van der Waals surface area contributed by atoms with E-state index >= 15 is 0 Å². The number of rotatable bonds is 8. The Morgan fingerprint density at radius 2 is 1.76 bits per heavy atom. The second kappa shape index (κ2) is 9.13. The molecule has 1 aromatic heterocycles. The SMILES string of the molecule is Cc1cc(C)nc(N[C@H](Cc2ccccc2)C(=O)NCCN(C)C)n1. The number of likely N-dealkylation sites (N-methyl/N-ethyl adjacent to an activating group) is 1. The van der Waals surface area contributed by atoms with Gasteiger partial charge in [0.25, 0.3) is 0 Å². The zero-order valence-electron chi connectivity index (χ0n) is 15.4. The van der Waals surface area contributed by atoms with Gasteiger partial charge in [-0.05, 0) is 39.6 Å². The molecule has 0 saturated carbocycles. The van der Waals surface area contributed by atoms with Gasteiger partial charge in [0.15, 0.2) is 0 Å². The maximum Gasteiger partial charge on any atom is 0.242 e. The monoisotopic (exact) mass is 341 g/mol. The average Bonchev–Trinajstić information content (AvgIpc) is 2.54. The van der Waals surface area contributed by atoms with Crippen molar-refractivity contribution in [3.05, 3.63) is 53.3 Å². The quantitative estimate of drug-likeness (QED) is 0.766. The molecule has 0 bridgehead atoms. The Bertz CT molecular complexity index is 667. The number of aromatic nitrogens is 2. The molecule has 25 heavy (non-hydrogen) atoms. The van der Waals surface area contributed by atoms with Crippen molar-refractivity contribution in [2.75, 3.05) is 32.5 Å². The van der Waals surface area contributed by atoms with Crippen molar-refractivity contribution in [2.45, 2.75) is 26.3 Å². The van der Waals surface area contributed by atoms with Crippen LogP contribution < -0.4 is 10.6 Å². The molecule has 2 rings (SSSR count). The molecule has 1 atom stereocenters. The first-order valence-corrected chi connectivity index (χ1v) is 8.49. The minimum Gasteiger partial charge on any atom is -0.353 e. The summed E-state index contributed by atoms with van der Waals surface area (Å²) in [5.74, 6) is 0.439. The van der Waals surface area contributed by atoms with Gasteiger partial charge in [-0.2, -0.15) is 0 Å². The third-order valence-corrected chi connectivity index (χ3v) is 3.74.